The van der Waals surface area contributed by atoms with Crippen molar-refractivity contribution in [2.45, 2.75) is 13.0 Å². The van der Waals surface area contributed by atoms with E-state index in [1.165, 1.54) is 0 Å². The number of benzene rings is 2. The Balaban J connectivity index is 1.90. The van der Waals surface area contributed by atoms with Crippen molar-refractivity contribution in [3.8, 4) is 17.1 Å². The molecule has 0 unspecified atom stereocenters. The standard InChI is InChI=1S/C20H20N6O2/c1-12(19(27)21-2)22-20-23-16-10-5-4-9-15(16)18-24-17(25-26(18)20)13-7-6-8-14(11-13)28-3/h4-12H,1-3H3,(H,21,27)(H,22,23)/t12-/m1/s1. The lowest BCUT2D eigenvalue weighted by Gasteiger charge is -2.14. The molecule has 0 aliphatic carbocycles. The fraction of sp³-hybridized carbons (Fsp3) is 0.200. The summed E-state index contributed by atoms with van der Waals surface area (Å²) in [5.74, 6) is 1.58. The molecule has 142 valence electrons. The van der Waals surface area contributed by atoms with Crippen molar-refractivity contribution in [3.05, 3.63) is 48.5 Å². The van der Waals surface area contributed by atoms with Gasteiger partial charge in [-0.3, -0.25) is 4.79 Å². The Bertz CT molecular complexity index is 1170. The maximum Gasteiger partial charge on any atom is 0.242 e. The molecule has 0 spiro atoms. The SMILES string of the molecule is CNC(=O)[C@@H](C)Nc1nc2ccccc2c2nc(-c3cccc(OC)c3)nn12. The van der Waals surface area contributed by atoms with Gasteiger partial charge in [-0.1, -0.05) is 24.3 Å². The molecule has 1 amide bonds. The van der Waals surface area contributed by atoms with Crippen LogP contribution in [0.15, 0.2) is 48.5 Å². The Morgan fingerprint density at radius 1 is 1.14 bits per heavy atom. The van der Waals surface area contributed by atoms with Crippen LogP contribution in [0.2, 0.25) is 0 Å². The van der Waals surface area contributed by atoms with Crippen LogP contribution in [0, 0.1) is 0 Å². The monoisotopic (exact) mass is 376 g/mol. The van der Waals surface area contributed by atoms with E-state index >= 15 is 0 Å². The number of amides is 1. The van der Waals surface area contributed by atoms with E-state index in [-0.39, 0.29) is 5.91 Å². The van der Waals surface area contributed by atoms with Crippen LogP contribution in [0.5, 0.6) is 5.75 Å². The molecule has 0 aliphatic rings. The number of carbonyl (C=O) groups excluding carboxylic acids is 1. The first-order chi connectivity index (χ1) is 13.6. The van der Waals surface area contributed by atoms with E-state index in [0.717, 1.165) is 22.2 Å². The molecule has 2 heterocycles. The molecule has 0 radical (unpaired) electrons. The second-order valence-electron chi connectivity index (χ2n) is 6.34. The van der Waals surface area contributed by atoms with E-state index in [1.807, 2.05) is 48.5 Å². The van der Waals surface area contributed by atoms with Crippen molar-refractivity contribution >= 4 is 28.4 Å². The van der Waals surface area contributed by atoms with Gasteiger partial charge < -0.3 is 15.4 Å². The zero-order chi connectivity index (χ0) is 19.7. The number of carbonyl (C=O) groups is 1. The lowest BCUT2D eigenvalue weighted by Crippen LogP contribution is -2.36. The first-order valence-electron chi connectivity index (χ1n) is 8.89. The number of aromatic nitrogens is 4. The molecule has 8 heteroatoms. The minimum Gasteiger partial charge on any atom is -0.497 e. The second-order valence-corrected chi connectivity index (χ2v) is 6.34. The predicted molar refractivity (Wildman–Crippen MR) is 107 cm³/mol. The number of para-hydroxylation sites is 1. The summed E-state index contributed by atoms with van der Waals surface area (Å²) in [5, 5.41) is 11.3. The first kappa shape index (κ1) is 17.7. The van der Waals surface area contributed by atoms with Gasteiger partial charge in [-0.2, -0.15) is 4.52 Å². The molecule has 0 fully saturated rings. The summed E-state index contributed by atoms with van der Waals surface area (Å²) < 4.78 is 6.94. The fourth-order valence-electron chi connectivity index (χ4n) is 3.01. The summed E-state index contributed by atoms with van der Waals surface area (Å²) in [6.45, 7) is 1.77. The number of methoxy groups -OCH3 is 1. The summed E-state index contributed by atoms with van der Waals surface area (Å²) in [6, 6.07) is 14.8. The average Bonchev–Trinajstić information content (AvgIpc) is 3.19. The van der Waals surface area contributed by atoms with Gasteiger partial charge in [0.25, 0.3) is 0 Å². The van der Waals surface area contributed by atoms with Gasteiger partial charge in [0.1, 0.15) is 11.8 Å². The molecule has 8 nitrogen and oxygen atoms in total. The Hall–Kier alpha value is -3.68. The van der Waals surface area contributed by atoms with Gasteiger partial charge in [0.2, 0.25) is 11.9 Å². The summed E-state index contributed by atoms with van der Waals surface area (Å²) >= 11 is 0. The number of rotatable bonds is 5. The molecular weight excluding hydrogens is 356 g/mol. The van der Waals surface area contributed by atoms with Gasteiger partial charge in [0.05, 0.1) is 12.6 Å². The van der Waals surface area contributed by atoms with Crippen molar-refractivity contribution in [2.75, 3.05) is 19.5 Å². The number of nitrogens with one attached hydrogen (secondary N) is 2. The average molecular weight is 376 g/mol. The highest BCUT2D eigenvalue weighted by molar-refractivity contribution is 5.93. The Labute approximate surface area is 161 Å². The quantitative estimate of drug-likeness (QED) is 0.556. The van der Waals surface area contributed by atoms with E-state index < -0.39 is 6.04 Å². The van der Waals surface area contributed by atoms with Crippen LogP contribution < -0.4 is 15.4 Å². The highest BCUT2D eigenvalue weighted by atomic mass is 16.5. The molecule has 1 atom stereocenters. The maximum atomic E-state index is 12.0. The van der Waals surface area contributed by atoms with Crippen molar-refractivity contribution < 1.29 is 9.53 Å². The lowest BCUT2D eigenvalue weighted by molar-refractivity contribution is -0.121. The van der Waals surface area contributed by atoms with E-state index in [1.54, 1.807) is 25.6 Å². The number of hydrogen-bond acceptors (Lipinski definition) is 6. The molecule has 0 bridgehead atoms. The van der Waals surface area contributed by atoms with Crippen LogP contribution in [0.1, 0.15) is 6.92 Å². The number of hydrogen-bond donors (Lipinski definition) is 2. The van der Waals surface area contributed by atoms with Crippen LogP contribution in [-0.4, -0.2) is 45.7 Å². The zero-order valence-electron chi connectivity index (χ0n) is 15.8. The van der Waals surface area contributed by atoms with Crippen LogP contribution in [0.3, 0.4) is 0 Å². The molecule has 2 N–H and O–H groups in total. The molecule has 2 aromatic heterocycles. The van der Waals surface area contributed by atoms with Gasteiger partial charge in [-0.25, -0.2) is 9.97 Å². The Morgan fingerprint density at radius 3 is 2.75 bits per heavy atom. The highest BCUT2D eigenvalue weighted by Crippen LogP contribution is 2.26. The van der Waals surface area contributed by atoms with Gasteiger partial charge in [0, 0.05) is 18.0 Å². The van der Waals surface area contributed by atoms with Gasteiger partial charge >= 0.3 is 0 Å². The molecule has 0 saturated heterocycles. The molecule has 0 saturated carbocycles. The second kappa shape index (κ2) is 7.15. The first-order valence-corrected chi connectivity index (χ1v) is 8.89. The molecule has 2 aromatic carbocycles. The molecule has 4 aromatic rings. The van der Waals surface area contributed by atoms with Crippen molar-refractivity contribution in [1.82, 2.24) is 24.9 Å². The lowest BCUT2D eigenvalue weighted by atomic mass is 10.2. The smallest absolute Gasteiger partial charge is 0.242 e. The molecule has 0 aliphatic heterocycles. The molecule has 28 heavy (non-hydrogen) atoms. The number of fused-ring (bicyclic) bond motifs is 3. The third-order valence-electron chi connectivity index (χ3n) is 4.49. The normalized spacial score (nSPS) is 12.1. The number of likely N-dealkylation sites (N-methyl/N-ethyl adjacent to an activating group) is 1. The van der Waals surface area contributed by atoms with Gasteiger partial charge in [-0.15, -0.1) is 5.10 Å². The van der Waals surface area contributed by atoms with Crippen LogP contribution in [0.25, 0.3) is 27.9 Å². The van der Waals surface area contributed by atoms with E-state index in [0.29, 0.717) is 17.4 Å². The summed E-state index contributed by atoms with van der Waals surface area (Å²) in [6.07, 6.45) is 0. The minimum atomic E-state index is -0.480. The largest absolute Gasteiger partial charge is 0.497 e. The van der Waals surface area contributed by atoms with Crippen LogP contribution in [-0.2, 0) is 4.79 Å². The minimum absolute atomic E-state index is 0.142. The van der Waals surface area contributed by atoms with Crippen LogP contribution >= 0.6 is 0 Å². The highest BCUT2D eigenvalue weighted by Gasteiger charge is 2.18. The number of nitrogens with zero attached hydrogens (tertiary/aromatic N) is 4. The zero-order valence-corrected chi connectivity index (χ0v) is 15.8. The topological polar surface area (TPSA) is 93.4 Å². The van der Waals surface area contributed by atoms with E-state index in [2.05, 4.69) is 20.7 Å². The maximum absolute atomic E-state index is 12.0. The van der Waals surface area contributed by atoms with Crippen molar-refractivity contribution in [1.29, 1.82) is 0 Å². The van der Waals surface area contributed by atoms with E-state index in [4.69, 9.17) is 9.72 Å². The van der Waals surface area contributed by atoms with Gasteiger partial charge in [-0.05, 0) is 31.2 Å². The van der Waals surface area contributed by atoms with Gasteiger partial charge in [0.15, 0.2) is 11.5 Å². The van der Waals surface area contributed by atoms with Crippen LogP contribution in [0.4, 0.5) is 5.95 Å². The fourth-order valence-corrected chi connectivity index (χ4v) is 3.01. The third kappa shape index (κ3) is 3.09. The summed E-state index contributed by atoms with van der Waals surface area (Å²) in [4.78, 5) is 21.3. The van der Waals surface area contributed by atoms with Crippen molar-refractivity contribution in [2.24, 2.45) is 0 Å². The number of anilines is 1. The Morgan fingerprint density at radius 2 is 1.96 bits per heavy atom. The Kier molecular flexibility index (Phi) is 4.52. The molecular formula is C20H20N6O2. The predicted octanol–water partition coefficient (Wildman–Crippen LogP) is 2.50. The summed E-state index contributed by atoms with van der Waals surface area (Å²) in [5.41, 5.74) is 2.26. The van der Waals surface area contributed by atoms with E-state index in [9.17, 15) is 4.79 Å². The third-order valence-corrected chi connectivity index (χ3v) is 4.49. The summed E-state index contributed by atoms with van der Waals surface area (Å²) in [7, 11) is 3.22. The van der Waals surface area contributed by atoms with Crippen molar-refractivity contribution in [3.63, 3.8) is 0 Å². The molecule has 4 rings (SSSR count). The number of ether oxygens (including phenoxy) is 1.